The Morgan fingerprint density at radius 2 is 1.60 bits per heavy atom. The van der Waals surface area contributed by atoms with Crippen LogP contribution in [0.2, 0.25) is 5.02 Å². The van der Waals surface area contributed by atoms with Crippen LogP contribution in [0, 0.1) is 17.5 Å². The molecule has 1 atom stereocenters. The smallest absolute Gasteiger partial charge is 0.159 e. The average Bonchev–Trinajstić information content (AvgIpc) is 2.38. The standard InChI is InChI=1S/C15H13ClF3N/c16-11-2-4-13(17)10(7-11)8-12(20)5-9-1-3-14(18)15(19)6-9/h1-4,6-7,12H,5,8,20H2. The first-order valence-corrected chi connectivity index (χ1v) is 6.47. The van der Waals surface area contributed by atoms with Gasteiger partial charge in [-0.15, -0.1) is 0 Å². The highest BCUT2D eigenvalue weighted by molar-refractivity contribution is 6.30. The van der Waals surface area contributed by atoms with Gasteiger partial charge in [0.1, 0.15) is 5.82 Å². The van der Waals surface area contributed by atoms with Crippen LogP contribution in [-0.2, 0) is 12.8 Å². The lowest BCUT2D eigenvalue weighted by atomic mass is 9.99. The predicted octanol–water partition coefficient (Wildman–Crippen LogP) is 3.87. The quantitative estimate of drug-likeness (QED) is 0.911. The van der Waals surface area contributed by atoms with Crippen LogP contribution in [0.25, 0.3) is 0 Å². The predicted molar refractivity (Wildman–Crippen MR) is 73.2 cm³/mol. The molecule has 2 aromatic carbocycles. The molecule has 0 radical (unpaired) electrons. The molecular weight excluding hydrogens is 287 g/mol. The summed E-state index contributed by atoms with van der Waals surface area (Å²) in [5.41, 5.74) is 6.90. The van der Waals surface area contributed by atoms with Crippen molar-refractivity contribution in [1.82, 2.24) is 0 Å². The van der Waals surface area contributed by atoms with Gasteiger partial charge in [0.05, 0.1) is 0 Å². The van der Waals surface area contributed by atoms with Crippen molar-refractivity contribution < 1.29 is 13.2 Å². The van der Waals surface area contributed by atoms with Gasteiger partial charge in [-0.05, 0) is 54.3 Å². The van der Waals surface area contributed by atoms with Crippen molar-refractivity contribution in [2.75, 3.05) is 0 Å². The summed E-state index contributed by atoms with van der Waals surface area (Å²) < 4.78 is 39.5. The summed E-state index contributed by atoms with van der Waals surface area (Å²) in [7, 11) is 0. The topological polar surface area (TPSA) is 26.0 Å². The summed E-state index contributed by atoms with van der Waals surface area (Å²) in [6, 6.07) is 7.46. The van der Waals surface area contributed by atoms with Gasteiger partial charge in [0, 0.05) is 11.1 Å². The first kappa shape index (κ1) is 14.9. The van der Waals surface area contributed by atoms with Gasteiger partial charge in [0.25, 0.3) is 0 Å². The van der Waals surface area contributed by atoms with Gasteiger partial charge in [0.15, 0.2) is 11.6 Å². The molecule has 0 saturated carbocycles. The Morgan fingerprint density at radius 3 is 2.30 bits per heavy atom. The van der Waals surface area contributed by atoms with Crippen molar-refractivity contribution in [2.45, 2.75) is 18.9 Å². The zero-order chi connectivity index (χ0) is 14.7. The van der Waals surface area contributed by atoms with Crippen LogP contribution in [-0.4, -0.2) is 6.04 Å². The molecule has 2 N–H and O–H groups in total. The molecule has 1 nitrogen and oxygen atoms in total. The van der Waals surface area contributed by atoms with Gasteiger partial charge >= 0.3 is 0 Å². The third-order valence-electron chi connectivity index (χ3n) is 2.97. The van der Waals surface area contributed by atoms with Crippen LogP contribution in [0.15, 0.2) is 36.4 Å². The number of hydrogen-bond donors (Lipinski definition) is 1. The second-order valence-corrected chi connectivity index (χ2v) is 5.09. The summed E-state index contributed by atoms with van der Waals surface area (Å²) in [6.45, 7) is 0. The number of halogens is 4. The van der Waals surface area contributed by atoms with Crippen molar-refractivity contribution in [2.24, 2.45) is 5.73 Å². The number of hydrogen-bond acceptors (Lipinski definition) is 1. The minimum Gasteiger partial charge on any atom is -0.327 e. The third kappa shape index (κ3) is 3.74. The molecule has 1 unspecified atom stereocenters. The number of rotatable bonds is 4. The van der Waals surface area contributed by atoms with E-state index in [-0.39, 0.29) is 12.2 Å². The zero-order valence-corrected chi connectivity index (χ0v) is 11.3. The number of benzene rings is 2. The van der Waals surface area contributed by atoms with E-state index in [4.69, 9.17) is 17.3 Å². The largest absolute Gasteiger partial charge is 0.327 e. The summed E-state index contributed by atoms with van der Waals surface area (Å²) in [5.74, 6) is -2.19. The Balaban J connectivity index is 2.06. The van der Waals surface area contributed by atoms with Crippen LogP contribution in [0.4, 0.5) is 13.2 Å². The van der Waals surface area contributed by atoms with Gasteiger partial charge in [0.2, 0.25) is 0 Å². The molecule has 0 saturated heterocycles. The van der Waals surface area contributed by atoms with E-state index in [0.717, 1.165) is 12.1 Å². The maximum Gasteiger partial charge on any atom is 0.159 e. The highest BCUT2D eigenvalue weighted by Gasteiger charge is 2.11. The van der Waals surface area contributed by atoms with Gasteiger partial charge < -0.3 is 5.73 Å². The van der Waals surface area contributed by atoms with Crippen LogP contribution in [0.1, 0.15) is 11.1 Å². The minimum atomic E-state index is -0.913. The molecule has 0 aliphatic carbocycles. The molecule has 0 aromatic heterocycles. The maximum atomic E-state index is 13.6. The third-order valence-corrected chi connectivity index (χ3v) is 3.21. The molecule has 0 aliphatic heterocycles. The Labute approximate surface area is 120 Å². The van der Waals surface area contributed by atoms with E-state index in [1.165, 1.54) is 24.3 Å². The highest BCUT2D eigenvalue weighted by atomic mass is 35.5. The van der Waals surface area contributed by atoms with Crippen LogP contribution >= 0.6 is 11.6 Å². The van der Waals surface area contributed by atoms with Crippen LogP contribution in [0.5, 0.6) is 0 Å². The van der Waals surface area contributed by atoms with Crippen LogP contribution < -0.4 is 5.73 Å². The molecule has 0 amide bonds. The maximum absolute atomic E-state index is 13.6. The van der Waals surface area contributed by atoms with Gasteiger partial charge in [-0.2, -0.15) is 0 Å². The van der Waals surface area contributed by atoms with Crippen molar-refractivity contribution >= 4 is 11.6 Å². The lowest BCUT2D eigenvalue weighted by Gasteiger charge is -2.13. The molecule has 0 bridgehead atoms. The van der Waals surface area contributed by atoms with E-state index in [1.54, 1.807) is 0 Å². The molecule has 20 heavy (non-hydrogen) atoms. The Hall–Kier alpha value is -1.52. The summed E-state index contributed by atoms with van der Waals surface area (Å²) >= 11 is 5.80. The van der Waals surface area contributed by atoms with E-state index in [9.17, 15) is 13.2 Å². The molecule has 5 heteroatoms. The lowest BCUT2D eigenvalue weighted by Crippen LogP contribution is -2.26. The second-order valence-electron chi connectivity index (χ2n) is 4.65. The van der Waals surface area contributed by atoms with Gasteiger partial charge in [-0.25, -0.2) is 13.2 Å². The number of nitrogens with two attached hydrogens (primary N) is 1. The fourth-order valence-corrected chi connectivity index (χ4v) is 2.22. The SMILES string of the molecule is NC(Cc1ccc(F)c(F)c1)Cc1cc(Cl)ccc1F. The summed E-state index contributed by atoms with van der Waals surface area (Å²) in [4.78, 5) is 0. The summed E-state index contributed by atoms with van der Waals surface area (Å²) in [5, 5.41) is 0.432. The first-order valence-electron chi connectivity index (χ1n) is 6.09. The highest BCUT2D eigenvalue weighted by Crippen LogP contribution is 2.17. The van der Waals surface area contributed by atoms with E-state index in [1.807, 2.05) is 0 Å². The average molecular weight is 300 g/mol. The molecule has 0 spiro atoms. The molecule has 0 fully saturated rings. The van der Waals surface area contributed by atoms with E-state index < -0.39 is 17.7 Å². The molecule has 0 heterocycles. The first-order chi connectivity index (χ1) is 9.45. The van der Waals surface area contributed by atoms with Gasteiger partial charge in [-0.3, -0.25) is 0 Å². The Kier molecular flexibility index (Phi) is 4.68. The molecule has 0 aliphatic rings. The van der Waals surface area contributed by atoms with Crippen molar-refractivity contribution in [3.05, 3.63) is 70.0 Å². The molecule has 106 valence electrons. The molecule has 2 aromatic rings. The van der Waals surface area contributed by atoms with E-state index in [2.05, 4.69) is 0 Å². The van der Waals surface area contributed by atoms with Crippen molar-refractivity contribution in [1.29, 1.82) is 0 Å². The molecular formula is C15H13ClF3N. The molecule has 2 rings (SSSR count). The lowest BCUT2D eigenvalue weighted by molar-refractivity contribution is 0.505. The van der Waals surface area contributed by atoms with Crippen molar-refractivity contribution in [3.63, 3.8) is 0 Å². The van der Waals surface area contributed by atoms with E-state index >= 15 is 0 Å². The Morgan fingerprint density at radius 1 is 0.900 bits per heavy atom. The van der Waals surface area contributed by atoms with E-state index in [0.29, 0.717) is 22.6 Å². The Bertz CT molecular complexity index is 616. The fraction of sp³-hybridized carbons (Fsp3) is 0.200. The zero-order valence-electron chi connectivity index (χ0n) is 10.5. The van der Waals surface area contributed by atoms with Crippen molar-refractivity contribution in [3.8, 4) is 0 Å². The monoisotopic (exact) mass is 299 g/mol. The van der Waals surface area contributed by atoms with Gasteiger partial charge in [-0.1, -0.05) is 17.7 Å². The fourth-order valence-electron chi connectivity index (χ4n) is 2.02. The summed E-state index contributed by atoms with van der Waals surface area (Å²) in [6.07, 6.45) is 0.592. The normalized spacial score (nSPS) is 12.4. The second kappa shape index (κ2) is 6.29. The van der Waals surface area contributed by atoms with Crippen LogP contribution in [0.3, 0.4) is 0 Å². The minimum absolute atomic E-state index is 0.269.